The summed E-state index contributed by atoms with van der Waals surface area (Å²) in [6.07, 6.45) is 0.00470. The third-order valence-corrected chi connectivity index (χ3v) is 5.83. The Hall–Kier alpha value is -3.48. The molecular weight excluding hydrogens is 400 g/mol. The zero-order valence-electron chi connectivity index (χ0n) is 17.0. The van der Waals surface area contributed by atoms with Crippen molar-refractivity contribution in [1.82, 2.24) is 14.5 Å². The van der Waals surface area contributed by atoms with Crippen molar-refractivity contribution in [3.05, 3.63) is 72.4 Å². The number of benzene rings is 2. The summed E-state index contributed by atoms with van der Waals surface area (Å²) in [6, 6.07) is 18.1. The van der Waals surface area contributed by atoms with Crippen LogP contribution in [0.5, 0.6) is 5.88 Å². The number of hydrogen-bond donors (Lipinski definition) is 0. The number of fused-ring (bicyclic) bond motifs is 2. The predicted molar refractivity (Wildman–Crippen MR) is 115 cm³/mol. The van der Waals surface area contributed by atoms with Gasteiger partial charge in [0.25, 0.3) is 11.8 Å². The summed E-state index contributed by atoms with van der Waals surface area (Å²) in [5.74, 6) is -3.20. The summed E-state index contributed by atoms with van der Waals surface area (Å²) < 4.78 is 36.8. The molecule has 31 heavy (non-hydrogen) atoms. The monoisotopic (exact) mass is 421 g/mol. The van der Waals surface area contributed by atoms with E-state index >= 15 is 0 Å². The smallest absolute Gasteiger partial charge is 0.287 e. The number of aromatic nitrogens is 2. The number of rotatable bonds is 3. The Balaban J connectivity index is 1.37. The van der Waals surface area contributed by atoms with Crippen LogP contribution in [0.4, 0.5) is 8.78 Å². The van der Waals surface area contributed by atoms with Gasteiger partial charge in [0.2, 0.25) is 5.88 Å². The van der Waals surface area contributed by atoms with Gasteiger partial charge in [-0.1, -0.05) is 18.2 Å². The minimum absolute atomic E-state index is 0.0241. The van der Waals surface area contributed by atoms with Crippen LogP contribution in [0.3, 0.4) is 0 Å². The molecule has 2 aromatic heterocycles. The molecule has 0 spiro atoms. The molecular formula is C24H21F2N3O2. The van der Waals surface area contributed by atoms with Crippen molar-refractivity contribution in [2.75, 3.05) is 13.1 Å². The highest BCUT2D eigenvalue weighted by Crippen LogP contribution is 2.32. The quantitative estimate of drug-likeness (QED) is 0.484. The second kappa shape index (κ2) is 7.34. The molecule has 0 radical (unpaired) electrons. The van der Waals surface area contributed by atoms with Gasteiger partial charge in [-0.15, -0.1) is 0 Å². The molecule has 0 aliphatic carbocycles. The van der Waals surface area contributed by atoms with Crippen LogP contribution in [-0.4, -0.2) is 45.5 Å². The topological polar surface area (TPSA) is 47.4 Å². The van der Waals surface area contributed by atoms with E-state index in [9.17, 15) is 13.6 Å². The van der Waals surface area contributed by atoms with Crippen LogP contribution < -0.4 is 4.74 Å². The number of nitrogens with zero attached hydrogens (tertiary/aromatic N) is 3. The molecule has 7 heteroatoms. The fourth-order valence-electron chi connectivity index (χ4n) is 4.03. The number of hydrogen-bond acceptors (Lipinski definition) is 3. The standard InChI is InChI=1S/C24H21F2N3O2/c1-28-12-10-17-14-18(6-8-20(17)28)23(30)29-13-11-24(25,26)21(15-29)31-22-9-7-16-4-2-3-5-19(16)27-22/h2-10,12,14,21H,11,13,15H2,1H3. The van der Waals surface area contributed by atoms with E-state index in [2.05, 4.69) is 4.98 Å². The maximum absolute atomic E-state index is 14.6. The van der Waals surface area contributed by atoms with Gasteiger partial charge < -0.3 is 14.2 Å². The minimum Gasteiger partial charge on any atom is -0.466 e. The van der Waals surface area contributed by atoms with Gasteiger partial charge in [0.15, 0.2) is 6.10 Å². The first-order valence-electron chi connectivity index (χ1n) is 10.2. The Morgan fingerprint density at radius 1 is 1.10 bits per heavy atom. The van der Waals surface area contributed by atoms with Crippen molar-refractivity contribution < 1.29 is 18.3 Å². The first-order chi connectivity index (χ1) is 14.9. The summed E-state index contributed by atoms with van der Waals surface area (Å²) in [4.78, 5) is 18.8. The Labute approximate surface area is 177 Å². The van der Waals surface area contributed by atoms with E-state index in [1.807, 2.05) is 48.1 Å². The maximum Gasteiger partial charge on any atom is 0.287 e. The highest BCUT2D eigenvalue weighted by molar-refractivity contribution is 5.98. The van der Waals surface area contributed by atoms with Gasteiger partial charge in [-0.3, -0.25) is 4.79 Å². The van der Waals surface area contributed by atoms with Gasteiger partial charge in [0.05, 0.1) is 12.1 Å². The van der Waals surface area contributed by atoms with Gasteiger partial charge >= 0.3 is 0 Å². The number of halogens is 2. The molecule has 1 saturated heterocycles. The van der Waals surface area contributed by atoms with Crippen LogP contribution in [0.1, 0.15) is 16.8 Å². The molecule has 5 rings (SSSR count). The lowest BCUT2D eigenvalue weighted by Crippen LogP contribution is -2.55. The summed E-state index contributed by atoms with van der Waals surface area (Å²) >= 11 is 0. The molecule has 158 valence electrons. The Bertz CT molecular complexity index is 1280. The van der Waals surface area contributed by atoms with Crippen LogP contribution in [0.2, 0.25) is 0 Å². The van der Waals surface area contributed by atoms with Gasteiger partial charge in [-0.2, -0.15) is 0 Å². The molecule has 0 bridgehead atoms. The first-order valence-corrected chi connectivity index (χ1v) is 10.2. The average Bonchev–Trinajstić information content (AvgIpc) is 3.14. The van der Waals surface area contributed by atoms with Crippen molar-refractivity contribution in [2.45, 2.75) is 18.4 Å². The van der Waals surface area contributed by atoms with E-state index in [4.69, 9.17) is 4.74 Å². The largest absolute Gasteiger partial charge is 0.466 e. The second-order valence-electron chi connectivity index (χ2n) is 7.91. The van der Waals surface area contributed by atoms with Gasteiger partial charge in [-0.25, -0.2) is 13.8 Å². The number of aryl methyl sites for hydroxylation is 1. The Morgan fingerprint density at radius 3 is 2.81 bits per heavy atom. The number of pyridine rings is 1. The lowest BCUT2D eigenvalue weighted by molar-refractivity contribution is -0.131. The lowest BCUT2D eigenvalue weighted by Gasteiger charge is -2.38. The third kappa shape index (κ3) is 3.60. The number of para-hydroxylation sites is 1. The summed E-state index contributed by atoms with van der Waals surface area (Å²) in [7, 11) is 1.93. The number of piperidine rings is 1. The number of carbonyl (C=O) groups is 1. The molecule has 2 aromatic carbocycles. The fourth-order valence-corrected chi connectivity index (χ4v) is 4.03. The van der Waals surface area contributed by atoms with Crippen LogP contribution in [-0.2, 0) is 7.05 Å². The molecule has 4 aromatic rings. The number of amides is 1. The van der Waals surface area contributed by atoms with Crippen molar-refractivity contribution in [3.8, 4) is 5.88 Å². The molecule has 1 amide bonds. The molecule has 1 fully saturated rings. The zero-order valence-corrected chi connectivity index (χ0v) is 17.0. The number of carbonyl (C=O) groups excluding carboxylic acids is 1. The van der Waals surface area contributed by atoms with Crippen molar-refractivity contribution >= 4 is 27.7 Å². The van der Waals surface area contributed by atoms with E-state index in [1.54, 1.807) is 30.3 Å². The van der Waals surface area contributed by atoms with E-state index in [-0.39, 0.29) is 24.9 Å². The molecule has 5 nitrogen and oxygen atoms in total. The van der Waals surface area contributed by atoms with Crippen LogP contribution in [0, 0.1) is 0 Å². The van der Waals surface area contributed by atoms with Crippen molar-refractivity contribution in [3.63, 3.8) is 0 Å². The zero-order chi connectivity index (χ0) is 21.6. The van der Waals surface area contributed by atoms with Crippen LogP contribution in [0.15, 0.2) is 66.9 Å². The van der Waals surface area contributed by atoms with Crippen molar-refractivity contribution in [1.29, 1.82) is 0 Å². The summed E-state index contributed by atoms with van der Waals surface area (Å²) in [5.41, 5.74) is 2.15. The van der Waals surface area contributed by atoms with Gasteiger partial charge in [0.1, 0.15) is 0 Å². The molecule has 1 atom stereocenters. The highest BCUT2D eigenvalue weighted by Gasteiger charge is 2.47. The highest BCUT2D eigenvalue weighted by atomic mass is 19.3. The predicted octanol–water partition coefficient (Wildman–Crippen LogP) is 4.66. The Morgan fingerprint density at radius 2 is 1.94 bits per heavy atom. The second-order valence-corrected chi connectivity index (χ2v) is 7.91. The molecule has 1 aliphatic heterocycles. The van der Waals surface area contributed by atoms with Gasteiger partial charge in [0, 0.05) is 54.1 Å². The van der Waals surface area contributed by atoms with Crippen LogP contribution >= 0.6 is 0 Å². The molecule has 0 saturated carbocycles. The van der Waals surface area contributed by atoms with E-state index < -0.39 is 18.4 Å². The summed E-state index contributed by atoms with van der Waals surface area (Å²) in [5, 5.41) is 1.84. The fraction of sp³-hybridized carbons (Fsp3) is 0.250. The average molecular weight is 421 g/mol. The third-order valence-electron chi connectivity index (χ3n) is 5.83. The van der Waals surface area contributed by atoms with Gasteiger partial charge in [-0.05, 0) is 36.4 Å². The van der Waals surface area contributed by atoms with Crippen molar-refractivity contribution in [2.24, 2.45) is 7.05 Å². The first kappa shape index (κ1) is 19.5. The van der Waals surface area contributed by atoms with E-state index in [0.717, 1.165) is 16.3 Å². The summed E-state index contributed by atoms with van der Waals surface area (Å²) in [6.45, 7) is -0.225. The molecule has 1 aliphatic rings. The number of ether oxygens (including phenoxy) is 1. The SMILES string of the molecule is Cn1ccc2cc(C(=O)N3CCC(F)(F)C(Oc4ccc5ccccc5n4)C3)ccc21. The molecule has 1 unspecified atom stereocenters. The number of likely N-dealkylation sites (tertiary alicyclic amines) is 1. The van der Waals surface area contributed by atoms with E-state index in [0.29, 0.717) is 11.1 Å². The molecule has 3 heterocycles. The molecule has 0 N–H and O–H groups in total. The lowest BCUT2D eigenvalue weighted by atomic mass is 10.0. The van der Waals surface area contributed by atoms with Crippen LogP contribution in [0.25, 0.3) is 21.8 Å². The normalized spacial score (nSPS) is 18.4. The minimum atomic E-state index is -3.05. The Kier molecular flexibility index (Phi) is 4.61. The number of alkyl halides is 2. The van der Waals surface area contributed by atoms with E-state index in [1.165, 1.54) is 4.90 Å². The maximum atomic E-state index is 14.6.